The van der Waals surface area contributed by atoms with Gasteiger partial charge >= 0.3 is 0 Å². The summed E-state index contributed by atoms with van der Waals surface area (Å²) in [5, 5.41) is 13.0. The Kier molecular flexibility index (Phi) is 7.72. The van der Waals surface area contributed by atoms with Crippen molar-refractivity contribution in [1.29, 1.82) is 0 Å². The summed E-state index contributed by atoms with van der Waals surface area (Å²) < 4.78 is 31.2. The summed E-state index contributed by atoms with van der Waals surface area (Å²) in [7, 11) is -0.766. The number of thiophene rings is 1. The van der Waals surface area contributed by atoms with Crippen molar-refractivity contribution < 1.29 is 27.9 Å². The van der Waals surface area contributed by atoms with Gasteiger partial charge in [0.05, 0.1) is 29.7 Å². The van der Waals surface area contributed by atoms with E-state index in [-0.39, 0.29) is 21.8 Å². The summed E-state index contributed by atoms with van der Waals surface area (Å²) in [6, 6.07) is 8.65. The highest BCUT2D eigenvalue weighted by atomic mass is 32.2. The molecule has 1 aromatic heterocycles. The minimum Gasteiger partial charge on any atom is -0.507 e. The molecule has 2 aliphatic rings. The Bertz CT molecular complexity index is 1200. The van der Waals surface area contributed by atoms with Crippen molar-refractivity contribution in [3.05, 3.63) is 57.8 Å². The Morgan fingerprint density at radius 2 is 1.80 bits per heavy atom. The largest absolute Gasteiger partial charge is 0.507 e. The highest BCUT2D eigenvalue weighted by molar-refractivity contribution is 7.89. The van der Waals surface area contributed by atoms with Gasteiger partial charge in [-0.2, -0.15) is 0 Å². The third-order valence-electron chi connectivity index (χ3n) is 6.24. The molecule has 0 radical (unpaired) electrons. The van der Waals surface area contributed by atoms with Crippen LogP contribution in [0.1, 0.15) is 22.9 Å². The molecule has 188 valence electrons. The maximum absolute atomic E-state index is 13.1. The second-order valence-electron chi connectivity index (χ2n) is 8.63. The fourth-order valence-electron chi connectivity index (χ4n) is 4.29. The molecule has 0 aliphatic carbocycles. The first kappa shape index (κ1) is 25.5. The molecule has 1 atom stereocenters. The number of likely N-dealkylation sites (tertiary alicyclic amines) is 1. The summed E-state index contributed by atoms with van der Waals surface area (Å²) in [5.74, 6) is -1.69. The monoisotopic (exact) mass is 519 g/mol. The number of nitrogens with zero attached hydrogens (tertiary/aromatic N) is 3. The van der Waals surface area contributed by atoms with Crippen molar-refractivity contribution in [1.82, 2.24) is 14.1 Å². The van der Waals surface area contributed by atoms with Crippen molar-refractivity contribution in [3.63, 3.8) is 0 Å². The molecular formula is C24H29N3O6S2. The van der Waals surface area contributed by atoms with Crippen LogP contribution in [0.5, 0.6) is 0 Å². The van der Waals surface area contributed by atoms with Crippen LogP contribution in [0.2, 0.25) is 0 Å². The number of carbonyl (C=O) groups excluding carboxylic acids is 2. The van der Waals surface area contributed by atoms with Gasteiger partial charge in [-0.15, -0.1) is 11.3 Å². The van der Waals surface area contributed by atoms with Gasteiger partial charge in [0.2, 0.25) is 10.0 Å². The molecule has 2 saturated heterocycles. The number of rotatable bonds is 8. The number of aliphatic hydroxyl groups excluding tert-OH is 1. The standard InChI is InChI=1S/C24H29N3O6S2/c1-25(2)35(31,32)18-8-6-17(7-9-18)22(28)20-21(19-5-3-16-34-19)27(24(30)23(20)29)11-4-10-26-12-14-33-15-13-26/h3,5-9,16,21,28H,4,10-15H2,1-2H3/t21-/m0/s1. The zero-order chi connectivity index (χ0) is 25.2. The summed E-state index contributed by atoms with van der Waals surface area (Å²) in [6.07, 6.45) is 0.687. The Balaban J connectivity index is 1.63. The zero-order valence-corrected chi connectivity index (χ0v) is 21.3. The lowest BCUT2D eigenvalue weighted by molar-refractivity contribution is -0.140. The van der Waals surface area contributed by atoms with Crippen molar-refractivity contribution in [3.8, 4) is 0 Å². The van der Waals surface area contributed by atoms with Crippen LogP contribution in [-0.2, 0) is 24.3 Å². The van der Waals surface area contributed by atoms with E-state index < -0.39 is 27.8 Å². The van der Waals surface area contributed by atoms with Crippen molar-refractivity contribution in [2.75, 3.05) is 53.5 Å². The van der Waals surface area contributed by atoms with E-state index in [0.29, 0.717) is 26.2 Å². The first-order chi connectivity index (χ1) is 16.7. The molecule has 1 N–H and O–H groups in total. The number of ether oxygens (including phenoxy) is 1. The van der Waals surface area contributed by atoms with E-state index >= 15 is 0 Å². The second-order valence-corrected chi connectivity index (χ2v) is 11.8. The summed E-state index contributed by atoms with van der Waals surface area (Å²) in [4.78, 5) is 30.7. The molecule has 0 unspecified atom stereocenters. The minimum atomic E-state index is -3.64. The fraction of sp³-hybridized carbons (Fsp3) is 0.417. The van der Waals surface area contributed by atoms with Gasteiger partial charge in [-0.1, -0.05) is 6.07 Å². The van der Waals surface area contributed by atoms with E-state index in [1.807, 2.05) is 17.5 Å². The Morgan fingerprint density at radius 1 is 1.11 bits per heavy atom. The van der Waals surface area contributed by atoms with E-state index in [1.54, 1.807) is 0 Å². The molecule has 2 aliphatic heterocycles. The number of hydrogen-bond donors (Lipinski definition) is 1. The molecule has 0 spiro atoms. The molecule has 4 rings (SSSR count). The number of sulfonamides is 1. The molecule has 1 amide bonds. The number of morpholine rings is 1. The number of benzene rings is 1. The molecular weight excluding hydrogens is 490 g/mol. The van der Waals surface area contributed by atoms with Crippen LogP contribution in [0.25, 0.3) is 5.76 Å². The third-order valence-corrected chi connectivity index (χ3v) is 8.99. The van der Waals surface area contributed by atoms with Crippen molar-refractivity contribution in [2.45, 2.75) is 17.4 Å². The second kappa shape index (κ2) is 10.6. The van der Waals surface area contributed by atoms with Gasteiger partial charge in [-0.3, -0.25) is 14.5 Å². The van der Waals surface area contributed by atoms with Gasteiger partial charge in [-0.25, -0.2) is 12.7 Å². The van der Waals surface area contributed by atoms with E-state index in [4.69, 9.17) is 4.74 Å². The quantitative estimate of drug-likeness (QED) is 0.323. The van der Waals surface area contributed by atoms with Gasteiger partial charge in [0.25, 0.3) is 11.7 Å². The maximum Gasteiger partial charge on any atom is 0.295 e. The van der Waals surface area contributed by atoms with Crippen LogP contribution in [0.3, 0.4) is 0 Å². The van der Waals surface area contributed by atoms with Crippen LogP contribution in [-0.4, -0.2) is 92.8 Å². The maximum atomic E-state index is 13.1. The average molecular weight is 520 g/mol. The minimum absolute atomic E-state index is 0.0204. The molecule has 0 bridgehead atoms. The van der Waals surface area contributed by atoms with E-state index in [2.05, 4.69) is 4.90 Å². The molecule has 9 nitrogen and oxygen atoms in total. The molecule has 11 heteroatoms. The SMILES string of the molecule is CN(C)S(=O)(=O)c1ccc(C(O)=C2C(=O)C(=O)N(CCCN3CCOCC3)[C@H]2c2cccs2)cc1. The first-order valence-electron chi connectivity index (χ1n) is 11.4. The third kappa shape index (κ3) is 5.19. The van der Waals surface area contributed by atoms with E-state index in [9.17, 15) is 23.1 Å². The highest BCUT2D eigenvalue weighted by Crippen LogP contribution is 2.41. The van der Waals surface area contributed by atoms with Gasteiger partial charge in [0.1, 0.15) is 5.76 Å². The van der Waals surface area contributed by atoms with Crippen LogP contribution in [0, 0.1) is 0 Å². The Hall–Kier alpha value is -2.57. The predicted molar refractivity (Wildman–Crippen MR) is 133 cm³/mol. The van der Waals surface area contributed by atoms with Gasteiger partial charge < -0.3 is 14.7 Å². The number of ketones is 1. The number of aliphatic hydroxyl groups is 1. The van der Waals surface area contributed by atoms with Gasteiger partial charge in [0, 0.05) is 50.7 Å². The fourth-order valence-corrected chi connectivity index (χ4v) is 6.04. The number of Topliss-reactive ketones (excluding diaryl/α,β-unsaturated/α-hetero) is 1. The average Bonchev–Trinajstić information content (AvgIpc) is 3.47. The molecule has 3 heterocycles. The summed E-state index contributed by atoms with van der Waals surface area (Å²) in [6.45, 7) is 4.22. The summed E-state index contributed by atoms with van der Waals surface area (Å²) >= 11 is 1.41. The molecule has 2 aromatic rings. The van der Waals surface area contributed by atoms with Gasteiger partial charge in [0.15, 0.2) is 0 Å². The van der Waals surface area contributed by atoms with Gasteiger partial charge in [-0.05, 0) is 42.1 Å². The van der Waals surface area contributed by atoms with Crippen LogP contribution < -0.4 is 0 Å². The van der Waals surface area contributed by atoms with Crippen LogP contribution in [0.15, 0.2) is 52.2 Å². The zero-order valence-electron chi connectivity index (χ0n) is 19.7. The molecule has 2 fully saturated rings. The number of carbonyl (C=O) groups is 2. The molecule has 1 aromatic carbocycles. The van der Waals surface area contributed by atoms with E-state index in [1.165, 1.54) is 54.6 Å². The lowest BCUT2D eigenvalue weighted by Gasteiger charge is -2.28. The number of amides is 1. The van der Waals surface area contributed by atoms with Crippen LogP contribution >= 0.6 is 11.3 Å². The van der Waals surface area contributed by atoms with Crippen LogP contribution in [0.4, 0.5) is 0 Å². The Labute approximate surface area is 209 Å². The smallest absolute Gasteiger partial charge is 0.295 e. The lowest BCUT2D eigenvalue weighted by atomic mass is 10.00. The molecule has 0 saturated carbocycles. The Morgan fingerprint density at radius 3 is 2.40 bits per heavy atom. The topological polar surface area (TPSA) is 107 Å². The first-order valence-corrected chi connectivity index (χ1v) is 13.7. The lowest BCUT2D eigenvalue weighted by Crippen LogP contribution is -2.38. The van der Waals surface area contributed by atoms with Crippen molar-refractivity contribution >= 4 is 38.8 Å². The summed E-state index contributed by atoms with van der Waals surface area (Å²) in [5.41, 5.74) is 0.294. The predicted octanol–water partition coefficient (Wildman–Crippen LogP) is 2.14. The molecule has 35 heavy (non-hydrogen) atoms. The normalized spacial score (nSPS) is 21.2. The number of hydrogen-bond acceptors (Lipinski definition) is 8. The highest BCUT2D eigenvalue weighted by Gasteiger charge is 2.46. The van der Waals surface area contributed by atoms with E-state index in [0.717, 1.165) is 28.8 Å². The van der Waals surface area contributed by atoms with Crippen molar-refractivity contribution in [2.24, 2.45) is 0 Å².